The van der Waals surface area contributed by atoms with Gasteiger partial charge in [-0.25, -0.2) is 0 Å². The molecule has 0 aliphatic carbocycles. The minimum absolute atomic E-state index is 0.254. The molecule has 1 aliphatic heterocycles. The van der Waals surface area contributed by atoms with E-state index in [1.54, 1.807) is 12.3 Å². The normalized spacial score (nSPS) is 18.7. The molecule has 0 aromatic carbocycles. The minimum atomic E-state index is 0.254. The van der Waals surface area contributed by atoms with E-state index in [-0.39, 0.29) is 5.92 Å². The average molecular weight is 357 g/mol. The van der Waals surface area contributed by atoms with Crippen LogP contribution in [0.2, 0.25) is 0 Å². The van der Waals surface area contributed by atoms with Crippen LogP contribution < -0.4 is 0 Å². The fourth-order valence-electron chi connectivity index (χ4n) is 3.30. The number of rotatable bonds is 6. The Labute approximate surface area is 151 Å². The standard InChI is InChI=1S/C18H23N5O3/c1-12(2)9-15-19-18(26-21-15)13-5-3-7-23(10-13)11-16-20-17(22-25-16)14-6-4-8-24-14/h4,6,8,12-13H,3,5,7,9-11H2,1-2H3/t13-/m0/s1. The Hall–Kier alpha value is -2.48. The molecule has 0 radical (unpaired) electrons. The van der Waals surface area contributed by atoms with Crippen molar-refractivity contribution >= 4 is 0 Å². The number of hydrogen-bond donors (Lipinski definition) is 0. The predicted molar refractivity (Wildman–Crippen MR) is 92.1 cm³/mol. The van der Waals surface area contributed by atoms with Crippen LogP contribution in [0.1, 0.15) is 50.2 Å². The van der Waals surface area contributed by atoms with E-state index in [4.69, 9.17) is 13.5 Å². The molecule has 8 nitrogen and oxygen atoms in total. The van der Waals surface area contributed by atoms with Crippen LogP contribution >= 0.6 is 0 Å². The number of hydrogen-bond acceptors (Lipinski definition) is 8. The van der Waals surface area contributed by atoms with Crippen molar-refractivity contribution in [3.8, 4) is 11.6 Å². The topological polar surface area (TPSA) is 94.2 Å². The molecule has 1 saturated heterocycles. The van der Waals surface area contributed by atoms with Crippen molar-refractivity contribution in [3.05, 3.63) is 36.0 Å². The highest BCUT2D eigenvalue weighted by molar-refractivity contribution is 5.44. The SMILES string of the molecule is CC(C)Cc1noc([C@H]2CCCN(Cc3nc(-c4ccco4)no3)C2)n1. The van der Waals surface area contributed by atoms with Gasteiger partial charge < -0.3 is 13.5 Å². The third kappa shape index (κ3) is 3.85. The lowest BCUT2D eigenvalue weighted by molar-refractivity contribution is 0.162. The average Bonchev–Trinajstić information content (AvgIpc) is 3.36. The maximum Gasteiger partial charge on any atom is 0.241 e. The number of likely N-dealkylation sites (tertiary alicyclic amines) is 1. The maximum atomic E-state index is 5.51. The van der Waals surface area contributed by atoms with Gasteiger partial charge in [-0.3, -0.25) is 4.90 Å². The van der Waals surface area contributed by atoms with Crippen molar-refractivity contribution < 1.29 is 13.5 Å². The van der Waals surface area contributed by atoms with Gasteiger partial charge >= 0.3 is 0 Å². The second-order valence-electron chi connectivity index (χ2n) is 7.21. The molecule has 1 aliphatic rings. The Kier molecular flexibility index (Phi) is 4.83. The van der Waals surface area contributed by atoms with E-state index in [1.807, 2.05) is 6.07 Å². The molecule has 1 fully saturated rings. The van der Waals surface area contributed by atoms with Gasteiger partial charge in [-0.05, 0) is 37.4 Å². The Morgan fingerprint density at radius 1 is 1.23 bits per heavy atom. The molecule has 4 heterocycles. The molecule has 26 heavy (non-hydrogen) atoms. The summed E-state index contributed by atoms with van der Waals surface area (Å²) < 4.78 is 16.2. The molecule has 1 atom stereocenters. The van der Waals surface area contributed by atoms with Gasteiger partial charge in [0.05, 0.1) is 18.7 Å². The quantitative estimate of drug-likeness (QED) is 0.663. The third-order valence-electron chi connectivity index (χ3n) is 4.50. The molecular formula is C18H23N5O3. The Bertz CT molecular complexity index is 824. The van der Waals surface area contributed by atoms with Gasteiger partial charge in [0.15, 0.2) is 11.6 Å². The maximum absolute atomic E-state index is 5.51. The molecular weight excluding hydrogens is 334 g/mol. The summed E-state index contributed by atoms with van der Waals surface area (Å²) >= 11 is 0. The van der Waals surface area contributed by atoms with Gasteiger partial charge in [0, 0.05) is 13.0 Å². The zero-order chi connectivity index (χ0) is 17.9. The zero-order valence-corrected chi connectivity index (χ0v) is 15.1. The molecule has 0 spiro atoms. The molecule has 4 rings (SSSR count). The number of nitrogens with zero attached hydrogens (tertiary/aromatic N) is 5. The Morgan fingerprint density at radius 2 is 2.15 bits per heavy atom. The minimum Gasteiger partial charge on any atom is -0.461 e. The van der Waals surface area contributed by atoms with E-state index in [9.17, 15) is 0 Å². The van der Waals surface area contributed by atoms with Crippen LogP contribution in [0.15, 0.2) is 31.9 Å². The summed E-state index contributed by atoms with van der Waals surface area (Å²) in [6.45, 7) is 6.75. The Balaban J connectivity index is 1.38. The molecule has 0 bridgehead atoms. The fraction of sp³-hybridized carbons (Fsp3) is 0.556. The second kappa shape index (κ2) is 7.41. The van der Waals surface area contributed by atoms with Crippen LogP contribution in [-0.2, 0) is 13.0 Å². The smallest absolute Gasteiger partial charge is 0.241 e. The van der Waals surface area contributed by atoms with Crippen molar-refractivity contribution in [1.29, 1.82) is 0 Å². The molecule has 0 saturated carbocycles. The van der Waals surface area contributed by atoms with Crippen LogP contribution in [0, 0.1) is 5.92 Å². The van der Waals surface area contributed by atoms with Crippen LogP contribution in [0.5, 0.6) is 0 Å². The predicted octanol–water partition coefficient (Wildman–Crippen LogP) is 3.29. The van der Waals surface area contributed by atoms with Crippen LogP contribution in [-0.4, -0.2) is 38.3 Å². The highest BCUT2D eigenvalue weighted by Crippen LogP contribution is 2.27. The van der Waals surface area contributed by atoms with E-state index in [1.165, 1.54) is 0 Å². The molecule has 0 amide bonds. The lowest BCUT2D eigenvalue weighted by Gasteiger charge is -2.29. The largest absolute Gasteiger partial charge is 0.461 e. The van der Waals surface area contributed by atoms with E-state index in [2.05, 4.69) is 39.0 Å². The van der Waals surface area contributed by atoms with Crippen molar-refractivity contribution in [2.45, 2.75) is 45.6 Å². The monoisotopic (exact) mass is 357 g/mol. The first-order valence-corrected chi connectivity index (χ1v) is 9.08. The molecule has 0 unspecified atom stereocenters. The Morgan fingerprint density at radius 3 is 2.96 bits per heavy atom. The first kappa shape index (κ1) is 17.0. The highest BCUT2D eigenvalue weighted by atomic mass is 16.5. The van der Waals surface area contributed by atoms with Crippen molar-refractivity contribution in [1.82, 2.24) is 25.2 Å². The van der Waals surface area contributed by atoms with Gasteiger partial charge in [-0.15, -0.1) is 0 Å². The number of furan rings is 1. The summed E-state index contributed by atoms with van der Waals surface area (Å²) in [7, 11) is 0. The van der Waals surface area contributed by atoms with E-state index in [0.29, 0.717) is 29.9 Å². The van der Waals surface area contributed by atoms with Gasteiger partial charge in [0.2, 0.25) is 17.6 Å². The van der Waals surface area contributed by atoms with E-state index < -0.39 is 0 Å². The molecule has 0 N–H and O–H groups in total. The summed E-state index contributed by atoms with van der Waals surface area (Å²) in [6.07, 6.45) is 4.57. The summed E-state index contributed by atoms with van der Waals surface area (Å²) in [6, 6.07) is 3.62. The highest BCUT2D eigenvalue weighted by Gasteiger charge is 2.27. The van der Waals surface area contributed by atoms with Crippen LogP contribution in [0.4, 0.5) is 0 Å². The van der Waals surface area contributed by atoms with E-state index >= 15 is 0 Å². The van der Waals surface area contributed by atoms with Gasteiger partial charge in [0.1, 0.15) is 0 Å². The van der Waals surface area contributed by atoms with Crippen LogP contribution in [0.3, 0.4) is 0 Å². The lowest BCUT2D eigenvalue weighted by Crippen LogP contribution is -2.34. The fourth-order valence-corrected chi connectivity index (χ4v) is 3.30. The third-order valence-corrected chi connectivity index (χ3v) is 4.50. The first-order chi connectivity index (χ1) is 12.7. The van der Waals surface area contributed by atoms with E-state index in [0.717, 1.165) is 44.1 Å². The number of aromatic nitrogens is 4. The van der Waals surface area contributed by atoms with Crippen molar-refractivity contribution in [3.63, 3.8) is 0 Å². The molecule has 8 heteroatoms. The van der Waals surface area contributed by atoms with Gasteiger partial charge in [0.25, 0.3) is 0 Å². The lowest BCUT2D eigenvalue weighted by atomic mass is 9.98. The molecule has 3 aromatic rings. The molecule has 3 aromatic heterocycles. The summed E-state index contributed by atoms with van der Waals surface area (Å²) in [5.41, 5.74) is 0. The summed E-state index contributed by atoms with van der Waals surface area (Å²) in [5.74, 6) is 3.99. The number of piperidine rings is 1. The van der Waals surface area contributed by atoms with Crippen molar-refractivity contribution in [2.75, 3.05) is 13.1 Å². The van der Waals surface area contributed by atoms with Crippen LogP contribution in [0.25, 0.3) is 11.6 Å². The first-order valence-electron chi connectivity index (χ1n) is 9.08. The van der Waals surface area contributed by atoms with Crippen molar-refractivity contribution in [2.24, 2.45) is 5.92 Å². The van der Waals surface area contributed by atoms with Gasteiger partial charge in [-0.2, -0.15) is 9.97 Å². The summed E-state index contributed by atoms with van der Waals surface area (Å²) in [4.78, 5) is 11.3. The van der Waals surface area contributed by atoms with Gasteiger partial charge in [-0.1, -0.05) is 24.2 Å². The molecule has 138 valence electrons. The zero-order valence-electron chi connectivity index (χ0n) is 15.1. The summed E-state index contributed by atoms with van der Waals surface area (Å²) in [5, 5.41) is 8.10. The second-order valence-corrected chi connectivity index (χ2v) is 7.21.